The van der Waals surface area contributed by atoms with Crippen LogP contribution in [0.1, 0.15) is 32.5 Å². The van der Waals surface area contributed by atoms with Crippen molar-refractivity contribution < 1.29 is 0 Å². The molecule has 1 atom stereocenters. The summed E-state index contributed by atoms with van der Waals surface area (Å²) in [6, 6.07) is 0. The van der Waals surface area contributed by atoms with E-state index in [0.717, 1.165) is 23.2 Å². The minimum absolute atomic E-state index is 0.196. The summed E-state index contributed by atoms with van der Waals surface area (Å²) in [4.78, 5) is 8.70. The van der Waals surface area contributed by atoms with Crippen molar-refractivity contribution in [2.24, 2.45) is 12.0 Å². The standard InChI is InChI=1S/C11H19N5S/c1-4-11(2)5-6-17-10(14-11)12-7-9-13-8-16(3)15-9/h8H,4-7H2,1-3H3,(H,12,14). The lowest BCUT2D eigenvalue weighted by atomic mass is 9.96. The van der Waals surface area contributed by atoms with Gasteiger partial charge in [0.1, 0.15) is 12.9 Å². The van der Waals surface area contributed by atoms with E-state index in [1.807, 2.05) is 7.05 Å². The van der Waals surface area contributed by atoms with Gasteiger partial charge in [-0.05, 0) is 19.8 Å². The molecule has 1 fully saturated rings. The molecule has 0 aromatic carbocycles. The highest BCUT2D eigenvalue weighted by Gasteiger charge is 2.27. The van der Waals surface area contributed by atoms with Crippen molar-refractivity contribution >= 4 is 16.9 Å². The fourth-order valence-electron chi connectivity index (χ4n) is 1.68. The van der Waals surface area contributed by atoms with Crippen molar-refractivity contribution in [3.8, 4) is 0 Å². The molecular weight excluding hydrogens is 234 g/mol. The van der Waals surface area contributed by atoms with Gasteiger partial charge in [-0.25, -0.2) is 4.98 Å². The van der Waals surface area contributed by atoms with Gasteiger partial charge in [-0.2, -0.15) is 5.10 Å². The number of thioether (sulfide) groups is 1. The molecule has 0 saturated carbocycles. The number of aliphatic imine (C=N–C) groups is 1. The molecule has 2 rings (SSSR count). The Morgan fingerprint density at radius 1 is 1.65 bits per heavy atom. The maximum absolute atomic E-state index is 4.54. The zero-order chi connectivity index (χ0) is 12.3. The number of amidine groups is 1. The van der Waals surface area contributed by atoms with Gasteiger partial charge in [-0.15, -0.1) is 0 Å². The van der Waals surface area contributed by atoms with Gasteiger partial charge in [0, 0.05) is 18.3 Å². The third-order valence-corrected chi connectivity index (χ3v) is 4.01. The predicted molar refractivity (Wildman–Crippen MR) is 71.0 cm³/mol. The quantitative estimate of drug-likeness (QED) is 0.888. The SMILES string of the molecule is CCC1(C)CCSC(=NCc2ncn(C)n2)N1. The highest BCUT2D eigenvalue weighted by atomic mass is 32.2. The average Bonchev–Trinajstić information content (AvgIpc) is 2.73. The van der Waals surface area contributed by atoms with Gasteiger partial charge in [0.2, 0.25) is 0 Å². The zero-order valence-electron chi connectivity index (χ0n) is 10.6. The van der Waals surface area contributed by atoms with E-state index in [1.165, 1.54) is 6.42 Å². The van der Waals surface area contributed by atoms with Crippen LogP contribution in [0.3, 0.4) is 0 Å². The maximum atomic E-state index is 4.54. The second-order valence-electron chi connectivity index (χ2n) is 4.59. The van der Waals surface area contributed by atoms with Crippen molar-refractivity contribution in [1.29, 1.82) is 0 Å². The molecule has 1 aliphatic heterocycles. The number of hydrogen-bond acceptors (Lipinski definition) is 4. The summed E-state index contributed by atoms with van der Waals surface area (Å²) in [6.45, 7) is 5.01. The fraction of sp³-hybridized carbons (Fsp3) is 0.727. The number of hydrogen-bond donors (Lipinski definition) is 1. The summed E-state index contributed by atoms with van der Waals surface area (Å²) in [7, 11) is 1.87. The lowest BCUT2D eigenvalue weighted by Gasteiger charge is -2.35. The number of aromatic nitrogens is 3. The van der Waals surface area contributed by atoms with Crippen LogP contribution in [0.5, 0.6) is 0 Å². The normalized spacial score (nSPS) is 27.1. The highest BCUT2D eigenvalue weighted by Crippen LogP contribution is 2.24. The first kappa shape index (κ1) is 12.4. The van der Waals surface area contributed by atoms with E-state index >= 15 is 0 Å². The molecule has 17 heavy (non-hydrogen) atoms. The molecule has 0 amide bonds. The summed E-state index contributed by atoms with van der Waals surface area (Å²) in [5.74, 6) is 1.90. The maximum Gasteiger partial charge on any atom is 0.172 e. The second-order valence-corrected chi connectivity index (χ2v) is 5.68. The van der Waals surface area contributed by atoms with Gasteiger partial charge >= 0.3 is 0 Å². The largest absolute Gasteiger partial charge is 0.360 e. The summed E-state index contributed by atoms with van der Waals surface area (Å²) in [5.41, 5.74) is 0.196. The van der Waals surface area contributed by atoms with Gasteiger partial charge in [0.05, 0.1) is 0 Å². The minimum Gasteiger partial charge on any atom is -0.360 e. The molecule has 6 heteroatoms. The van der Waals surface area contributed by atoms with Crippen molar-refractivity contribution in [3.63, 3.8) is 0 Å². The molecule has 0 radical (unpaired) electrons. The van der Waals surface area contributed by atoms with Crippen LogP contribution in [0, 0.1) is 0 Å². The monoisotopic (exact) mass is 253 g/mol. The summed E-state index contributed by atoms with van der Waals surface area (Å²) in [6.07, 6.45) is 4.01. The van der Waals surface area contributed by atoms with Crippen LogP contribution >= 0.6 is 11.8 Å². The predicted octanol–water partition coefficient (Wildman–Crippen LogP) is 1.57. The molecule has 1 unspecified atom stereocenters. The molecule has 0 aliphatic carbocycles. The first-order chi connectivity index (χ1) is 8.11. The lowest BCUT2D eigenvalue weighted by Crippen LogP contribution is -2.48. The van der Waals surface area contributed by atoms with Crippen LogP contribution in [0.25, 0.3) is 0 Å². The van der Waals surface area contributed by atoms with Crippen molar-refractivity contribution in [3.05, 3.63) is 12.2 Å². The second kappa shape index (κ2) is 5.08. The van der Waals surface area contributed by atoms with Crippen LogP contribution in [-0.4, -0.2) is 31.2 Å². The van der Waals surface area contributed by atoms with Crippen LogP contribution in [0.4, 0.5) is 0 Å². The Labute approximate surface area is 106 Å². The Balaban J connectivity index is 1.97. The van der Waals surface area contributed by atoms with Gasteiger partial charge in [0.15, 0.2) is 11.0 Å². The molecule has 1 aromatic heterocycles. The smallest absolute Gasteiger partial charge is 0.172 e. The first-order valence-corrected chi connectivity index (χ1v) is 6.90. The molecule has 1 N–H and O–H groups in total. The van der Waals surface area contributed by atoms with Crippen LogP contribution < -0.4 is 5.32 Å². The number of nitrogens with zero attached hydrogens (tertiary/aromatic N) is 4. The summed E-state index contributed by atoms with van der Waals surface area (Å²) in [5, 5.41) is 8.74. The molecular formula is C11H19N5S. The van der Waals surface area contributed by atoms with E-state index in [1.54, 1.807) is 22.8 Å². The Kier molecular flexibility index (Phi) is 3.71. The third-order valence-electron chi connectivity index (χ3n) is 3.09. The van der Waals surface area contributed by atoms with E-state index in [0.29, 0.717) is 6.54 Å². The van der Waals surface area contributed by atoms with Crippen LogP contribution in [-0.2, 0) is 13.6 Å². The van der Waals surface area contributed by atoms with E-state index in [2.05, 4.69) is 34.2 Å². The topological polar surface area (TPSA) is 55.1 Å². The van der Waals surface area contributed by atoms with Gasteiger partial charge in [0.25, 0.3) is 0 Å². The number of nitrogens with one attached hydrogen (secondary N) is 1. The minimum atomic E-state index is 0.196. The average molecular weight is 253 g/mol. The Morgan fingerprint density at radius 2 is 2.47 bits per heavy atom. The Morgan fingerprint density at radius 3 is 3.12 bits per heavy atom. The van der Waals surface area contributed by atoms with E-state index in [9.17, 15) is 0 Å². The molecule has 2 heterocycles. The first-order valence-electron chi connectivity index (χ1n) is 5.91. The zero-order valence-corrected chi connectivity index (χ0v) is 11.4. The summed E-state index contributed by atoms with van der Waals surface area (Å²) >= 11 is 1.78. The molecule has 0 bridgehead atoms. The Hall–Kier alpha value is -1.04. The van der Waals surface area contributed by atoms with Crippen LogP contribution in [0.15, 0.2) is 11.3 Å². The number of aryl methyl sites for hydroxylation is 1. The van der Waals surface area contributed by atoms with Gasteiger partial charge in [-0.1, -0.05) is 18.7 Å². The molecule has 0 spiro atoms. The van der Waals surface area contributed by atoms with Crippen LogP contribution in [0.2, 0.25) is 0 Å². The van der Waals surface area contributed by atoms with Gasteiger partial charge in [-0.3, -0.25) is 9.67 Å². The van der Waals surface area contributed by atoms with Crippen molar-refractivity contribution in [2.75, 3.05) is 5.75 Å². The molecule has 94 valence electrons. The lowest BCUT2D eigenvalue weighted by molar-refractivity contribution is 0.390. The number of rotatable bonds is 3. The molecule has 1 saturated heterocycles. The summed E-state index contributed by atoms with van der Waals surface area (Å²) < 4.78 is 1.70. The van der Waals surface area contributed by atoms with E-state index in [-0.39, 0.29) is 5.54 Å². The molecule has 5 nitrogen and oxygen atoms in total. The van der Waals surface area contributed by atoms with E-state index in [4.69, 9.17) is 0 Å². The third kappa shape index (κ3) is 3.21. The van der Waals surface area contributed by atoms with Gasteiger partial charge < -0.3 is 5.32 Å². The fourth-order valence-corrected chi connectivity index (χ4v) is 2.90. The molecule has 1 aromatic rings. The molecule has 1 aliphatic rings. The van der Waals surface area contributed by atoms with E-state index < -0.39 is 0 Å². The highest BCUT2D eigenvalue weighted by molar-refractivity contribution is 8.13. The van der Waals surface area contributed by atoms with Crippen molar-refractivity contribution in [2.45, 2.75) is 38.8 Å². The Bertz CT molecular complexity index is 414. The van der Waals surface area contributed by atoms with Crippen molar-refractivity contribution in [1.82, 2.24) is 20.1 Å².